The Balaban J connectivity index is 1.90. The van der Waals surface area contributed by atoms with Gasteiger partial charge in [-0.15, -0.1) is 11.3 Å². The van der Waals surface area contributed by atoms with Gasteiger partial charge in [-0.25, -0.2) is 4.98 Å². The molecule has 1 unspecified atom stereocenters. The highest BCUT2D eigenvalue weighted by molar-refractivity contribution is 7.10. The van der Waals surface area contributed by atoms with E-state index in [4.69, 9.17) is 5.73 Å². The van der Waals surface area contributed by atoms with Gasteiger partial charge < -0.3 is 10.1 Å². The molecule has 3 heterocycles. The zero-order chi connectivity index (χ0) is 11.7. The number of thiophene rings is 1. The fourth-order valence-electron chi connectivity index (χ4n) is 1.96. The van der Waals surface area contributed by atoms with Crippen LogP contribution < -0.4 is 5.73 Å². The van der Waals surface area contributed by atoms with Crippen LogP contribution in [0.4, 0.5) is 0 Å². The van der Waals surface area contributed by atoms with Crippen molar-refractivity contribution in [1.29, 1.82) is 0 Å². The summed E-state index contributed by atoms with van der Waals surface area (Å²) in [5, 5.41) is 2.06. The predicted molar refractivity (Wildman–Crippen MR) is 70.1 cm³/mol. The second kappa shape index (κ2) is 4.31. The molecule has 1 atom stereocenters. The van der Waals surface area contributed by atoms with E-state index in [2.05, 4.69) is 20.8 Å². The molecule has 2 N–H and O–H groups in total. The quantitative estimate of drug-likeness (QED) is 0.768. The molecule has 0 aliphatic rings. The van der Waals surface area contributed by atoms with Gasteiger partial charge in [0.1, 0.15) is 5.65 Å². The summed E-state index contributed by atoms with van der Waals surface area (Å²) >= 11 is 1.70. The van der Waals surface area contributed by atoms with Crippen LogP contribution in [0.3, 0.4) is 0 Å². The molecule has 0 bridgehead atoms. The Bertz CT molecular complexity index is 612. The molecule has 0 aliphatic heterocycles. The van der Waals surface area contributed by atoms with Crippen LogP contribution in [0.2, 0.25) is 0 Å². The summed E-state index contributed by atoms with van der Waals surface area (Å²) in [5.41, 5.74) is 8.32. The third-order valence-electron chi connectivity index (χ3n) is 2.83. The number of aromatic nitrogens is 2. The lowest BCUT2D eigenvalue weighted by Crippen LogP contribution is -2.12. The molecule has 4 heteroatoms. The Kier molecular flexibility index (Phi) is 2.66. The normalized spacial score (nSPS) is 13.0. The SMILES string of the molecule is NC(Cc1cnc2ccccn12)c1cccs1. The van der Waals surface area contributed by atoms with E-state index in [0.717, 1.165) is 17.8 Å². The smallest absolute Gasteiger partial charge is 0.136 e. The van der Waals surface area contributed by atoms with Crippen LogP contribution >= 0.6 is 11.3 Å². The van der Waals surface area contributed by atoms with Crippen molar-refractivity contribution in [3.8, 4) is 0 Å². The average molecular weight is 243 g/mol. The van der Waals surface area contributed by atoms with Crippen LogP contribution in [0.25, 0.3) is 5.65 Å². The average Bonchev–Trinajstić information content (AvgIpc) is 2.98. The molecule has 3 aromatic heterocycles. The van der Waals surface area contributed by atoms with Crippen molar-refractivity contribution in [2.24, 2.45) is 5.73 Å². The molecule has 86 valence electrons. The van der Waals surface area contributed by atoms with Crippen LogP contribution in [-0.4, -0.2) is 9.38 Å². The van der Waals surface area contributed by atoms with Crippen molar-refractivity contribution in [3.05, 3.63) is 58.7 Å². The second-order valence-corrected chi connectivity index (χ2v) is 4.98. The topological polar surface area (TPSA) is 43.3 Å². The van der Waals surface area contributed by atoms with E-state index in [-0.39, 0.29) is 6.04 Å². The number of pyridine rings is 1. The number of imidazole rings is 1. The summed E-state index contributed by atoms with van der Waals surface area (Å²) in [6.07, 6.45) is 4.74. The first-order valence-electron chi connectivity index (χ1n) is 5.54. The van der Waals surface area contributed by atoms with Crippen LogP contribution in [0, 0.1) is 0 Å². The van der Waals surface area contributed by atoms with Crippen molar-refractivity contribution >= 4 is 17.0 Å². The summed E-state index contributed by atoms with van der Waals surface area (Å²) in [7, 11) is 0. The molecule has 0 saturated heterocycles. The first-order valence-corrected chi connectivity index (χ1v) is 6.42. The van der Waals surface area contributed by atoms with Crippen LogP contribution in [0.1, 0.15) is 16.6 Å². The molecule has 0 saturated carbocycles. The number of nitrogens with zero attached hydrogens (tertiary/aromatic N) is 2. The summed E-state index contributed by atoms with van der Waals surface area (Å²) in [6.45, 7) is 0. The maximum Gasteiger partial charge on any atom is 0.136 e. The van der Waals surface area contributed by atoms with Crippen molar-refractivity contribution in [2.75, 3.05) is 0 Å². The van der Waals surface area contributed by atoms with Gasteiger partial charge in [0, 0.05) is 35.4 Å². The Morgan fingerprint density at radius 2 is 2.24 bits per heavy atom. The molecule has 0 spiro atoms. The third kappa shape index (κ3) is 1.97. The lowest BCUT2D eigenvalue weighted by atomic mass is 10.1. The number of hydrogen-bond acceptors (Lipinski definition) is 3. The van der Waals surface area contributed by atoms with Crippen molar-refractivity contribution in [2.45, 2.75) is 12.5 Å². The number of rotatable bonds is 3. The lowest BCUT2D eigenvalue weighted by molar-refractivity contribution is 0.715. The molecule has 17 heavy (non-hydrogen) atoms. The lowest BCUT2D eigenvalue weighted by Gasteiger charge is -2.08. The summed E-state index contributed by atoms with van der Waals surface area (Å²) in [4.78, 5) is 5.58. The van der Waals surface area contributed by atoms with Gasteiger partial charge in [-0.05, 0) is 23.6 Å². The van der Waals surface area contributed by atoms with Crippen molar-refractivity contribution in [1.82, 2.24) is 9.38 Å². The number of hydrogen-bond donors (Lipinski definition) is 1. The van der Waals surface area contributed by atoms with Crippen LogP contribution in [-0.2, 0) is 6.42 Å². The van der Waals surface area contributed by atoms with E-state index >= 15 is 0 Å². The van der Waals surface area contributed by atoms with Gasteiger partial charge in [-0.2, -0.15) is 0 Å². The number of nitrogens with two attached hydrogens (primary N) is 1. The molecule has 3 aromatic rings. The van der Waals surface area contributed by atoms with Crippen molar-refractivity contribution < 1.29 is 0 Å². The van der Waals surface area contributed by atoms with Gasteiger partial charge in [0.2, 0.25) is 0 Å². The molecule has 3 rings (SSSR count). The van der Waals surface area contributed by atoms with Gasteiger partial charge in [-0.3, -0.25) is 0 Å². The highest BCUT2D eigenvalue weighted by Crippen LogP contribution is 2.21. The van der Waals surface area contributed by atoms with E-state index < -0.39 is 0 Å². The van der Waals surface area contributed by atoms with Gasteiger partial charge in [0.05, 0.1) is 0 Å². The predicted octanol–water partition coefficient (Wildman–Crippen LogP) is 2.64. The minimum Gasteiger partial charge on any atom is -0.323 e. The highest BCUT2D eigenvalue weighted by atomic mass is 32.1. The molecule has 3 nitrogen and oxygen atoms in total. The standard InChI is InChI=1S/C13H13N3S/c14-11(12-4-3-7-17-12)8-10-9-15-13-5-1-2-6-16(10)13/h1-7,9,11H,8,14H2. The van der Waals surface area contributed by atoms with E-state index in [1.807, 2.05) is 36.7 Å². The van der Waals surface area contributed by atoms with Gasteiger partial charge in [-0.1, -0.05) is 12.1 Å². The summed E-state index contributed by atoms with van der Waals surface area (Å²) in [6, 6.07) is 10.2. The minimum atomic E-state index is 0.0510. The first-order chi connectivity index (χ1) is 8.34. The Morgan fingerprint density at radius 3 is 3.06 bits per heavy atom. The summed E-state index contributed by atoms with van der Waals surface area (Å²) in [5.74, 6) is 0. The molecule has 0 aromatic carbocycles. The molecule has 0 amide bonds. The van der Waals surface area contributed by atoms with Gasteiger partial charge >= 0.3 is 0 Å². The van der Waals surface area contributed by atoms with E-state index in [1.54, 1.807) is 11.3 Å². The fourth-order valence-corrected chi connectivity index (χ4v) is 2.69. The molecule has 0 aliphatic carbocycles. The van der Waals surface area contributed by atoms with Crippen LogP contribution in [0.15, 0.2) is 48.1 Å². The van der Waals surface area contributed by atoms with E-state index in [0.29, 0.717) is 0 Å². The maximum absolute atomic E-state index is 6.19. The molecule has 0 fully saturated rings. The fraction of sp³-hybridized carbons (Fsp3) is 0.154. The molecular weight excluding hydrogens is 230 g/mol. The molecule has 0 radical (unpaired) electrons. The van der Waals surface area contributed by atoms with E-state index in [9.17, 15) is 0 Å². The van der Waals surface area contributed by atoms with Gasteiger partial charge in [0.15, 0.2) is 0 Å². The maximum atomic E-state index is 6.19. The van der Waals surface area contributed by atoms with E-state index in [1.165, 1.54) is 4.88 Å². The minimum absolute atomic E-state index is 0.0510. The zero-order valence-electron chi connectivity index (χ0n) is 9.28. The number of fused-ring (bicyclic) bond motifs is 1. The Morgan fingerprint density at radius 1 is 1.29 bits per heavy atom. The monoisotopic (exact) mass is 243 g/mol. The van der Waals surface area contributed by atoms with Gasteiger partial charge in [0.25, 0.3) is 0 Å². The van der Waals surface area contributed by atoms with Crippen LogP contribution in [0.5, 0.6) is 0 Å². The molecular formula is C13H13N3S. The third-order valence-corrected chi connectivity index (χ3v) is 3.84. The second-order valence-electron chi connectivity index (χ2n) is 4.00. The Labute approximate surface area is 104 Å². The first kappa shape index (κ1) is 10.5. The Hall–Kier alpha value is -1.65. The zero-order valence-corrected chi connectivity index (χ0v) is 10.1. The highest BCUT2D eigenvalue weighted by Gasteiger charge is 2.11. The summed E-state index contributed by atoms with van der Waals surface area (Å²) < 4.78 is 2.09. The largest absolute Gasteiger partial charge is 0.323 e. The van der Waals surface area contributed by atoms with Crippen molar-refractivity contribution in [3.63, 3.8) is 0 Å².